The maximum absolute atomic E-state index is 3.29. The molecule has 0 unspecified atom stereocenters. The standard InChI is InChI=1S/C18H24N2/c1-11-7-17(8-12(2)15(11)5)19-20-18-9-13(3)16(6)14(4)10-18/h7-10,19-20H,1-6H3. The van der Waals surface area contributed by atoms with Gasteiger partial charge in [0, 0.05) is 0 Å². The van der Waals surface area contributed by atoms with E-state index in [2.05, 4.69) is 76.7 Å². The van der Waals surface area contributed by atoms with Crippen molar-refractivity contribution in [2.75, 3.05) is 10.9 Å². The Morgan fingerprint density at radius 3 is 1.00 bits per heavy atom. The van der Waals surface area contributed by atoms with E-state index in [9.17, 15) is 0 Å². The fraction of sp³-hybridized carbons (Fsp3) is 0.333. The highest BCUT2D eigenvalue weighted by atomic mass is 15.4. The molecule has 0 fully saturated rings. The topological polar surface area (TPSA) is 24.1 Å². The largest absolute Gasteiger partial charge is 0.301 e. The van der Waals surface area contributed by atoms with Crippen LogP contribution in [0.3, 0.4) is 0 Å². The Morgan fingerprint density at radius 1 is 0.500 bits per heavy atom. The molecule has 2 aromatic carbocycles. The summed E-state index contributed by atoms with van der Waals surface area (Å²) < 4.78 is 0. The van der Waals surface area contributed by atoms with E-state index in [-0.39, 0.29) is 0 Å². The number of benzene rings is 2. The molecule has 2 heteroatoms. The number of hydrogen-bond donors (Lipinski definition) is 2. The summed E-state index contributed by atoms with van der Waals surface area (Å²) in [6.45, 7) is 12.9. The number of hydrazine groups is 1. The van der Waals surface area contributed by atoms with Gasteiger partial charge in [0.15, 0.2) is 0 Å². The first kappa shape index (κ1) is 14.4. The summed E-state index contributed by atoms with van der Waals surface area (Å²) in [6.07, 6.45) is 0. The molecule has 0 saturated carbocycles. The van der Waals surface area contributed by atoms with E-state index in [1.54, 1.807) is 0 Å². The minimum absolute atomic E-state index is 1.10. The van der Waals surface area contributed by atoms with Gasteiger partial charge in [-0.1, -0.05) is 0 Å². The Balaban J connectivity index is 2.17. The van der Waals surface area contributed by atoms with Crippen LogP contribution >= 0.6 is 0 Å². The van der Waals surface area contributed by atoms with E-state index in [0.717, 1.165) is 11.4 Å². The minimum Gasteiger partial charge on any atom is -0.301 e. The van der Waals surface area contributed by atoms with Crippen molar-refractivity contribution in [1.29, 1.82) is 0 Å². The van der Waals surface area contributed by atoms with Gasteiger partial charge in [-0.15, -0.1) is 0 Å². The lowest BCUT2D eigenvalue weighted by Crippen LogP contribution is -2.10. The van der Waals surface area contributed by atoms with Gasteiger partial charge in [-0.3, -0.25) is 0 Å². The van der Waals surface area contributed by atoms with Crippen molar-refractivity contribution < 1.29 is 0 Å². The van der Waals surface area contributed by atoms with Crippen molar-refractivity contribution in [1.82, 2.24) is 0 Å². The average molecular weight is 268 g/mol. The lowest BCUT2D eigenvalue weighted by Gasteiger charge is -2.15. The highest BCUT2D eigenvalue weighted by molar-refractivity contribution is 5.58. The second-order valence-electron chi connectivity index (χ2n) is 5.72. The third-order valence-corrected chi connectivity index (χ3v) is 4.21. The second-order valence-corrected chi connectivity index (χ2v) is 5.72. The number of anilines is 2. The van der Waals surface area contributed by atoms with Gasteiger partial charge in [-0.05, 0) is 99.2 Å². The summed E-state index contributed by atoms with van der Waals surface area (Å²) in [5.41, 5.74) is 16.7. The van der Waals surface area contributed by atoms with Crippen LogP contribution in [0, 0.1) is 41.5 Å². The third kappa shape index (κ3) is 2.96. The average Bonchev–Trinajstić information content (AvgIpc) is 2.39. The molecule has 0 heterocycles. The van der Waals surface area contributed by atoms with Gasteiger partial charge >= 0.3 is 0 Å². The van der Waals surface area contributed by atoms with Crippen LogP contribution in [0.4, 0.5) is 11.4 Å². The molecule has 20 heavy (non-hydrogen) atoms. The van der Waals surface area contributed by atoms with Crippen LogP contribution in [0.25, 0.3) is 0 Å². The van der Waals surface area contributed by atoms with Gasteiger partial charge in [-0.2, -0.15) is 0 Å². The normalized spacial score (nSPS) is 10.5. The van der Waals surface area contributed by atoms with Crippen LogP contribution < -0.4 is 10.9 Å². The molecule has 0 saturated heterocycles. The molecule has 0 bridgehead atoms. The van der Waals surface area contributed by atoms with Crippen molar-refractivity contribution in [3.63, 3.8) is 0 Å². The van der Waals surface area contributed by atoms with Crippen molar-refractivity contribution in [3.05, 3.63) is 57.6 Å². The fourth-order valence-electron chi connectivity index (χ4n) is 2.36. The molecular weight excluding hydrogens is 244 g/mol. The first-order chi connectivity index (χ1) is 9.38. The molecule has 0 aromatic heterocycles. The molecule has 0 spiro atoms. The Labute approximate surface area is 122 Å². The number of hydrogen-bond acceptors (Lipinski definition) is 2. The van der Waals surface area contributed by atoms with Gasteiger partial charge in [0.1, 0.15) is 0 Å². The van der Waals surface area contributed by atoms with Gasteiger partial charge in [-0.25, -0.2) is 0 Å². The highest BCUT2D eigenvalue weighted by Crippen LogP contribution is 2.21. The van der Waals surface area contributed by atoms with Crippen LogP contribution in [0.15, 0.2) is 24.3 Å². The molecule has 0 amide bonds. The molecule has 0 radical (unpaired) electrons. The summed E-state index contributed by atoms with van der Waals surface area (Å²) in [6, 6.07) is 8.68. The zero-order chi connectivity index (χ0) is 14.9. The summed E-state index contributed by atoms with van der Waals surface area (Å²) in [4.78, 5) is 0. The van der Waals surface area contributed by atoms with E-state index in [4.69, 9.17) is 0 Å². The first-order valence-corrected chi connectivity index (χ1v) is 7.06. The minimum atomic E-state index is 1.10. The Kier molecular flexibility index (Phi) is 4.03. The Hall–Kier alpha value is -1.96. The van der Waals surface area contributed by atoms with Crippen molar-refractivity contribution >= 4 is 11.4 Å². The zero-order valence-electron chi connectivity index (χ0n) is 13.3. The lowest BCUT2D eigenvalue weighted by atomic mass is 10.0. The zero-order valence-corrected chi connectivity index (χ0v) is 13.3. The van der Waals surface area contributed by atoms with Crippen LogP contribution in [0.1, 0.15) is 33.4 Å². The quantitative estimate of drug-likeness (QED) is 0.767. The number of rotatable bonds is 3. The lowest BCUT2D eigenvalue weighted by molar-refractivity contribution is 1.24. The van der Waals surface area contributed by atoms with Gasteiger partial charge in [0.25, 0.3) is 0 Å². The molecule has 2 N–H and O–H groups in total. The summed E-state index contributed by atoms with van der Waals surface area (Å²) in [5.74, 6) is 0. The predicted octanol–water partition coefficient (Wildman–Crippen LogP) is 4.98. The highest BCUT2D eigenvalue weighted by Gasteiger charge is 2.03. The van der Waals surface area contributed by atoms with Crippen molar-refractivity contribution in [3.8, 4) is 0 Å². The molecule has 2 rings (SSSR count). The summed E-state index contributed by atoms with van der Waals surface area (Å²) in [5, 5.41) is 0. The molecule has 0 atom stereocenters. The molecule has 2 aromatic rings. The van der Waals surface area contributed by atoms with Crippen LogP contribution in [-0.4, -0.2) is 0 Å². The molecule has 2 nitrogen and oxygen atoms in total. The van der Waals surface area contributed by atoms with E-state index in [0.29, 0.717) is 0 Å². The molecule has 106 valence electrons. The third-order valence-electron chi connectivity index (χ3n) is 4.21. The maximum Gasteiger partial charge on any atom is 0.0545 e. The van der Waals surface area contributed by atoms with Crippen LogP contribution in [-0.2, 0) is 0 Å². The monoisotopic (exact) mass is 268 g/mol. The Bertz CT molecular complexity index is 538. The van der Waals surface area contributed by atoms with Gasteiger partial charge < -0.3 is 10.9 Å². The fourth-order valence-corrected chi connectivity index (χ4v) is 2.36. The predicted molar refractivity (Wildman–Crippen MR) is 88.6 cm³/mol. The molecule has 0 aliphatic heterocycles. The van der Waals surface area contributed by atoms with Crippen molar-refractivity contribution in [2.24, 2.45) is 0 Å². The molecular formula is C18H24N2. The van der Waals surface area contributed by atoms with Crippen molar-refractivity contribution in [2.45, 2.75) is 41.5 Å². The molecule has 0 aliphatic carbocycles. The maximum atomic E-state index is 3.29. The van der Waals surface area contributed by atoms with Gasteiger partial charge in [0.2, 0.25) is 0 Å². The van der Waals surface area contributed by atoms with Crippen LogP contribution in [0.2, 0.25) is 0 Å². The number of aryl methyl sites for hydroxylation is 4. The van der Waals surface area contributed by atoms with E-state index >= 15 is 0 Å². The smallest absolute Gasteiger partial charge is 0.0545 e. The SMILES string of the molecule is Cc1cc(NNc2cc(C)c(C)c(C)c2)cc(C)c1C. The summed E-state index contributed by atoms with van der Waals surface area (Å²) >= 11 is 0. The van der Waals surface area contributed by atoms with Gasteiger partial charge in [0.05, 0.1) is 11.4 Å². The number of nitrogens with one attached hydrogen (secondary N) is 2. The van der Waals surface area contributed by atoms with E-state index in [1.807, 2.05) is 0 Å². The molecule has 0 aliphatic rings. The Morgan fingerprint density at radius 2 is 0.750 bits per heavy atom. The summed E-state index contributed by atoms with van der Waals surface area (Å²) in [7, 11) is 0. The second kappa shape index (κ2) is 5.58. The van der Waals surface area contributed by atoms with E-state index < -0.39 is 0 Å². The first-order valence-electron chi connectivity index (χ1n) is 7.06. The van der Waals surface area contributed by atoms with Crippen LogP contribution in [0.5, 0.6) is 0 Å². The van der Waals surface area contributed by atoms with E-state index in [1.165, 1.54) is 33.4 Å².